The van der Waals surface area contributed by atoms with Crippen LogP contribution in [0.15, 0.2) is 18.2 Å². The molecule has 1 atom stereocenters. The summed E-state index contributed by atoms with van der Waals surface area (Å²) in [6, 6.07) is 4.09. The van der Waals surface area contributed by atoms with Gasteiger partial charge in [-0.15, -0.1) is 0 Å². The summed E-state index contributed by atoms with van der Waals surface area (Å²) in [6.45, 7) is 0.459. The maximum Gasteiger partial charge on any atom is 0.325 e. The molecule has 1 aromatic rings. The van der Waals surface area contributed by atoms with Gasteiger partial charge in [0.05, 0.1) is 23.7 Å². The number of nitrogens with one attached hydrogen (secondary N) is 1. The van der Waals surface area contributed by atoms with Gasteiger partial charge >= 0.3 is 6.03 Å². The van der Waals surface area contributed by atoms with E-state index in [0.717, 1.165) is 6.26 Å². The van der Waals surface area contributed by atoms with Crippen LogP contribution in [0.25, 0.3) is 0 Å². The molecular weight excluding hydrogens is 324 g/mol. The maximum atomic E-state index is 12.5. The first-order chi connectivity index (χ1) is 10.7. The summed E-state index contributed by atoms with van der Waals surface area (Å²) < 4.78 is 30.7. The Morgan fingerprint density at radius 2 is 2.22 bits per heavy atom. The summed E-state index contributed by atoms with van der Waals surface area (Å²) in [5, 5.41) is 0. The molecule has 0 saturated carbocycles. The Bertz CT molecular complexity index is 779. The first-order valence-electron chi connectivity index (χ1n) is 6.85. The van der Waals surface area contributed by atoms with Crippen LogP contribution in [0.4, 0.5) is 16.2 Å². The highest BCUT2D eigenvalue weighted by molar-refractivity contribution is 7.92. The average molecular weight is 340 g/mol. The highest BCUT2D eigenvalue weighted by Gasteiger charge is 2.42. The highest BCUT2D eigenvalue weighted by atomic mass is 32.2. The van der Waals surface area contributed by atoms with Crippen molar-refractivity contribution in [3.8, 4) is 5.75 Å². The summed E-state index contributed by atoms with van der Waals surface area (Å²) in [5.74, 6) is -0.110. The van der Waals surface area contributed by atoms with Gasteiger partial charge in [0, 0.05) is 6.54 Å². The van der Waals surface area contributed by atoms with Crippen molar-refractivity contribution in [1.82, 2.24) is 4.90 Å². The van der Waals surface area contributed by atoms with Crippen molar-refractivity contribution < 1.29 is 22.7 Å². The number of urea groups is 1. The van der Waals surface area contributed by atoms with Crippen LogP contribution in [0.1, 0.15) is 0 Å². The molecular formula is C13H16N4O5S. The molecule has 23 heavy (non-hydrogen) atoms. The average Bonchev–Trinajstić information content (AvgIpc) is 2.73. The second-order valence-corrected chi connectivity index (χ2v) is 7.27. The van der Waals surface area contributed by atoms with Crippen LogP contribution in [-0.4, -0.2) is 57.3 Å². The Kier molecular flexibility index (Phi) is 3.55. The molecule has 0 radical (unpaired) electrons. The standard InChI is InChI=1S/C13H16N4O5S/c1-23(20,21)15-8-2-3-11-10(4-8)17-9(7-22-11)5-16(13(17)19)6-12(14)18/h2-4,9,15H,5-7H2,1H3,(H2,14,18). The third kappa shape index (κ3) is 3.02. The third-order valence-electron chi connectivity index (χ3n) is 3.57. The van der Waals surface area contributed by atoms with Crippen molar-refractivity contribution in [1.29, 1.82) is 0 Å². The van der Waals surface area contributed by atoms with Gasteiger partial charge in [-0.05, 0) is 18.2 Å². The largest absolute Gasteiger partial charge is 0.489 e. The number of nitrogens with zero attached hydrogens (tertiary/aromatic N) is 2. The van der Waals surface area contributed by atoms with Crippen LogP contribution in [0, 0.1) is 0 Å². The summed E-state index contributed by atoms with van der Waals surface area (Å²) in [5.41, 5.74) is 5.95. The van der Waals surface area contributed by atoms with Crippen LogP contribution >= 0.6 is 0 Å². The van der Waals surface area contributed by atoms with E-state index in [0.29, 0.717) is 30.3 Å². The quantitative estimate of drug-likeness (QED) is 0.768. The number of rotatable bonds is 4. The van der Waals surface area contributed by atoms with Crippen molar-refractivity contribution in [2.45, 2.75) is 6.04 Å². The van der Waals surface area contributed by atoms with Crippen molar-refractivity contribution in [3.63, 3.8) is 0 Å². The lowest BCUT2D eigenvalue weighted by molar-refractivity contribution is -0.118. The zero-order chi connectivity index (χ0) is 16.8. The number of ether oxygens (including phenoxy) is 1. The molecule has 2 heterocycles. The van der Waals surface area contributed by atoms with Crippen LogP contribution < -0.4 is 20.1 Å². The lowest BCUT2D eigenvalue weighted by Crippen LogP contribution is -2.42. The van der Waals surface area contributed by atoms with E-state index in [-0.39, 0.29) is 18.6 Å². The number of anilines is 2. The lowest BCUT2D eigenvalue weighted by Gasteiger charge is -2.30. The number of carbonyl (C=O) groups excluding carboxylic acids is 2. The number of primary amides is 1. The van der Waals surface area contributed by atoms with Gasteiger partial charge in [-0.2, -0.15) is 0 Å². The third-order valence-corrected chi connectivity index (χ3v) is 4.18. The normalized spacial score (nSPS) is 19.9. The minimum Gasteiger partial charge on any atom is -0.489 e. The second-order valence-electron chi connectivity index (χ2n) is 5.52. The molecule has 2 aliphatic rings. The van der Waals surface area contributed by atoms with Gasteiger partial charge in [-0.25, -0.2) is 13.2 Å². The molecule has 9 nitrogen and oxygen atoms in total. The molecule has 2 aliphatic heterocycles. The molecule has 1 fully saturated rings. The van der Waals surface area contributed by atoms with Crippen LogP contribution in [0.2, 0.25) is 0 Å². The molecule has 1 saturated heterocycles. The molecule has 3 N–H and O–H groups in total. The van der Waals surface area contributed by atoms with Gasteiger partial charge in [0.25, 0.3) is 0 Å². The number of carbonyl (C=O) groups is 2. The first kappa shape index (κ1) is 15.4. The Hall–Kier alpha value is -2.49. The van der Waals surface area contributed by atoms with Crippen molar-refractivity contribution >= 4 is 33.3 Å². The van der Waals surface area contributed by atoms with Gasteiger partial charge < -0.3 is 15.4 Å². The molecule has 1 unspecified atom stereocenters. The predicted octanol–water partition coefficient (Wildman–Crippen LogP) is -0.454. The number of hydrogen-bond donors (Lipinski definition) is 2. The zero-order valence-electron chi connectivity index (χ0n) is 12.4. The smallest absolute Gasteiger partial charge is 0.325 e. The first-order valence-corrected chi connectivity index (χ1v) is 8.75. The van der Waals surface area contributed by atoms with Crippen molar-refractivity contribution in [3.05, 3.63) is 18.2 Å². The Labute approximate surface area is 133 Å². The fraction of sp³-hybridized carbons (Fsp3) is 0.385. The molecule has 0 aliphatic carbocycles. The number of amides is 3. The summed E-state index contributed by atoms with van der Waals surface area (Å²) in [4.78, 5) is 26.4. The van der Waals surface area contributed by atoms with Gasteiger partial charge in [-0.3, -0.25) is 14.4 Å². The number of benzene rings is 1. The molecule has 124 valence electrons. The Morgan fingerprint density at radius 3 is 2.87 bits per heavy atom. The molecule has 10 heteroatoms. The van der Waals surface area contributed by atoms with Gasteiger partial charge in [0.15, 0.2) is 0 Å². The minimum atomic E-state index is -3.43. The number of sulfonamides is 1. The summed E-state index contributed by atoms with van der Waals surface area (Å²) in [7, 11) is -3.43. The van der Waals surface area contributed by atoms with E-state index in [9.17, 15) is 18.0 Å². The van der Waals surface area contributed by atoms with E-state index in [1.165, 1.54) is 15.9 Å². The summed E-state index contributed by atoms with van der Waals surface area (Å²) >= 11 is 0. The van der Waals surface area contributed by atoms with E-state index in [4.69, 9.17) is 10.5 Å². The van der Waals surface area contributed by atoms with E-state index in [2.05, 4.69) is 4.72 Å². The van der Waals surface area contributed by atoms with E-state index >= 15 is 0 Å². The molecule has 3 amide bonds. The zero-order valence-corrected chi connectivity index (χ0v) is 13.2. The van der Waals surface area contributed by atoms with E-state index < -0.39 is 15.9 Å². The number of fused-ring (bicyclic) bond motifs is 3. The molecule has 3 rings (SSSR count). The van der Waals surface area contributed by atoms with Crippen molar-refractivity contribution in [2.24, 2.45) is 5.73 Å². The monoisotopic (exact) mass is 340 g/mol. The van der Waals surface area contributed by atoms with E-state index in [1.807, 2.05) is 0 Å². The minimum absolute atomic E-state index is 0.164. The van der Waals surface area contributed by atoms with E-state index in [1.54, 1.807) is 12.1 Å². The van der Waals surface area contributed by atoms with Gasteiger partial charge in [0.1, 0.15) is 18.9 Å². The highest BCUT2D eigenvalue weighted by Crippen LogP contribution is 2.39. The molecule has 1 aromatic carbocycles. The fourth-order valence-corrected chi connectivity index (χ4v) is 3.32. The fourth-order valence-electron chi connectivity index (χ4n) is 2.76. The molecule has 0 spiro atoms. The summed E-state index contributed by atoms with van der Waals surface area (Å²) in [6.07, 6.45) is 1.04. The van der Waals surface area contributed by atoms with Crippen LogP contribution in [-0.2, 0) is 14.8 Å². The van der Waals surface area contributed by atoms with Crippen LogP contribution in [0.3, 0.4) is 0 Å². The Balaban J connectivity index is 1.94. The Morgan fingerprint density at radius 1 is 1.48 bits per heavy atom. The van der Waals surface area contributed by atoms with Crippen molar-refractivity contribution in [2.75, 3.05) is 35.6 Å². The molecule has 0 bridgehead atoms. The van der Waals surface area contributed by atoms with Gasteiger partial charge in [0.2, 0.25) is 15.9 Å². The topological polar surface area (TPSA) is 122 Å². The predicted molar refractivity (Wildman–Crippen MR) is 82.8 cm³/mol. The lowest BCUT2D eigenvalue weighted by atomic mass is 10.1. The van der Waals surface area contributed by atoms with Gasteiger partial charge in [-0.1, -0.05) is 0 Å². The molecule has 0 aromatic heterocycles. The number of nitrogens with two attached hydrogens (primary N) is 1. The SMILES string of the molecule is CS(=O)(=O)Nc1ccc2c(c1)N1C(=O)N(CC(N)=O)CC1CO2. The maximum absolute atomic E-state index is 12.5. The number of hydrogen-bond acceptors (Lipinski definition) is 5. The van der Waals surface area contributed by atoms with Crippen LogP contribution in [0.5, 0.6) is 5.75 Å². The second kappa shape index (κ2) is 5.30.